The van der Waals surface area contributed by atoms with Crippen molar-refractivity contribution in [3.8, 4) is 5.69 Å². The van der Waals surface area contributed by atoms with E-state index in [2.05, 4.69) is 45.9 Å². The molecule has 6 heteroatoms. The van der Waals surface area contributed by atoms with Crippen LogP contribution in [0.4, 0.5) is 0 Å². The molecule has 3 heterocycles. The van der Waals surface area contributed by atoms with Crippen molar-refractivity contribution in [2.75, 3.05) is 0 Å². The predicted molar refractivity (Wildman–Crippen MR) is 102 cm³/mol. The first kappa shape index (κ1) is 20.0. The van der Waals surface area contributed by atoms with E-state index >= 15 is 0 Å². The van der Waals surface area contributed by atoms with Crippen LogP contribution >= 0.6 is 11.3 Å². The Morgan fingerprint density at radius 2 is 1.92 bits per heavy atom. The molecule has 0 aliphatic rings. The molecule has 0 fully saturated rings. The molecule has 4 nitrogen and oxygen atoms in total. The molecule has 1 N–H and O–H groups in total. The summed E-state index contributed by atoms with van der Waals surface area (Å²) in [7, 11) is 0. The fourth-order valence-corrected chi connectivity index (χ4v) is 3.48. The number of nitrogens with zero attached hydrogens (tertiary/aromatic N) is 2. The monoisotopic (exact) mass is 542 g/mol. The van der Waals surface area contributed by atoms with Crippen molar-refractivity contribution in [1.29, 1.82) is 0 Å². The number of pyridine rings is 1. The number of hydrogen-bond acceptors (Lipinski definition) is 4. The maximum absolute atomic E-state index is 10.0. The number of carbonyl (C=O) groups excluding carboxylic acids is 1. The molecule has 135 valence electrons. The van der Waals surface area contributed by atoms with Crippen molar-refractivity contribution in [2.24, 2.45) is 0 Å². The third kappa shape index (κ3) is 4.28. The second-order valence-corrected chi connectivity index (χ2v) is 6.36. The van der Waals surface area contributed by atoms with Crippen LogP contribution in [0.3, 0.4) is 0 Å². The quantitative estimate of drug-likeness (QED) is 0.219. The summed E-state index contributed by atoms with van der Waals surface area (Å²) in [5.41, 5.74) is 3.33. The first-order valence-electron chi connectivity index (χ1n) is 7.75. The number of aliphatic hydroxyl groups excluding tert-OH is 1. The molecule has 0 aliphatic heterocycles. The minimum absolute atomic E-state index is 0. The maximum atomic E-state index is 10.0. The first-order chi connectivity index (χ1) is 12.1. The number of thiophene rings is 1. The third-order valence-electron chi connectivity index (χ3n) is 3.48. The molecule has 0 bridgehead atoms. The summed E-state index contributed by atoms with van der Waals surface area (Å²) in [6, 6.07) is 17.8. The van der Waals surface area contributed by atoms with Gasteiger partial charge in [0.1, 0.15) is 0 Å². The Labute approximate surface area is 169 Å². The van der Waals surface area contributed by atoms with Crippen LogP contribution in [0.2, 0.25) is 0 Å². The van der Waals surface area contributed by atoms with Gasteiger partial charge in [-0.25, -0.2) is 11.3 Å². The number of carbonyl (C=O) groups is 1. The second-order valence-electron chi connectivity index (χ2n) is 5.50. The van der Waals surface area contributed by atoms with Crippen molar-refractivity contribution >= 4 is 38.4 Å². The number of aliphatic hydroxyl groups is 1. The van der Waals surface area contributed by atoms with Gasteiger partial charge in [-0.05, 0) is 48.5 Å². The van der Waals surface area contributed by atoms with Gasteiger partial charge in [-0.2, -0.15) is 6.07 Å². The van der Waals surface area contributed by atoms with Crippen molar-refractivity contribution in [3.05, 3.63) is 71.9 Å². The van der Waals surface area contributed by atoms with E-state index in [1.165, 1.54) is 30.4 Å². The Bertz CT molecular complexity index is 1050. The number of hydrogen-bond donors (Lipinski definition) is 1. The van der Waals surface area contributed by atoms with Gasteiger partial charge in [0.25, 0.3) is 0 Å². The normalized spacial score (nSPS) is 10.9. The Kier molecular flexibility index (Phi) is 6.86. The standard InChI is InChI=1S/C15H9N2S.C5H8O2.Ir/c1-2-5-11(6-3-1)17-13-7-4-9-16-14(13)12-8-10-18-15(12)17;1-4(6)3-5(2)7;/h1-7,9-10H;3,6H,1-2H3;/q-1;;/b;4-3-;. The van der Waals surface area contributed by atoms with Crippen LogP contribution in [0, 0.1) is 6.07 Å². The largest absolute Gasteiger partial charge is 0.512 e. The van der Waals surface area contributed by atoms with E-state index < -0.39 is 0 Å². The topological polar surface area (TPSA) is 55.1 Å². The minimum Gasteiger partial charge on any atom is -0.512 e. The van der Waals surface area contributed by atoms with E-state index in [9.17, 15) is 4.79 Å². The fourth-order valence-electron chi connectivity index (χ4n) is 2.61. The van der Waals surface area contributed by atoms with E-state index in [0.29, 0.717) is 0 Å². The summed E-state index contributed by atoms with van der Waals surface area (Å²) in [6.45, 7) is 2.85. The van der Waals surface area contributed by atoms with E-state index in [4.69, 9.17) is 5.11 Å². The zero-order valence-corrected chi connectivity index (χ0v) is 17.5. The number of para-hydroxylation sites is 1. The summed E-state index contributed by atoms with van der Waals surface area (Å²) in [5, 5.41) is 11.5. The smallest absolute Gasteiger partial charge is 0.155 e. The molecule has 26 heavy (non-hydrogen) atoms. The van der Waals surface area contributed by atoms with Gasteiger partial charge < -0.3 is 14.7 Å². The molecule has 0 atom stereocenters. The van der Waals surface area contributed by atoms with Gasteiger partial charge >= 0.3 is 0 Å². The summed E-state index contributed by atoms with van der Waals surface area (Å²) in [5.74, 6) is -0.0625. The molecule has 0 aliphatic carbocycles. The average molecular weight is 542 g/mol. The van der Waals surface area contributed by atoms with Gasteiger partial charge in [-0.3, -0.25) is 4.79 Å². The molecule has 3 aromatic heterocycles. The van der Waals surface area contributed by atoms with Crippen LogP contribution < -0.4 is 0 Å². The van der Waals surface area contributed by atoms with Crippen molar-refractivity contribution in [2.45, 2.75) is 13.8 Å². The van der Waals surface area contributed by atoms with Gasteiger partial charge in [0.2, 0.25) is 0 Å². The second kappa shape index (κ2) is 8.90. The zero-order valence-electron chi connectivity index (χ0n) is 14.3. The van der Waals surface area contributed by atoms with E-state index in [1.807, 2.05) is 23.7 Å². The number of allylic oxidation sites excluding steroid dienone is 2. The molecule has 0 saturated carbocycles. The summed E-state index contributed by atoms with van der Waals surface area (Å²) >= 11 is 1.70. The van der Waals surface area contributed by atoms with Crippen LogP contribution in [0.25, 0.3) is 26.9 Å². The Hall–Kier alpha value is -2.27. The molecule has 0 unspecified atom stereocenters. The predicted octanol–water partition coefficient (Wildman–Crippen LogP) is 5.08. The molecular weight excluding hydrogens is 525 g/mol. The molecule has 4 rings (SSSR count). The van der Waals surface area contributed by atoms with Crippen molar-refractivity contribution in [3.63, 3.8) is 0 Å². The van der Waals surface area contributed by atoms with Crippen LogP contribution in [0.1, 0.15) is 13.8 Å². The Morgan fingerprint density at radius 3 is 2.54 bits per heavy atom. The summed E-state index contributed by atoms with van der Waals surface area (Å²) in [4.78, 5) is 15.7. The third-order valence-corrected chi connectivity index (χ3v) is 4.33. The molecule has 4 aromatic rings. The fraction of sp³-hybridized carbons (Fsp3) is 0.100. The van der Waals surface area contributed by atoms with Crippen molar-refractivity contribution < 1.29 is 30.0 Å². The van der Waals surface area contributed by atoms with Gasteiger partial charge in [-0.1, -0.05) is 23.6 Å². The molecule has 1 aromatic carbocycles. The maximum Gasteiger partial charge on any atom is 0.155 e. The van der Waals surface area contributed by atoms with Gasteiger partial charge in [-0.15, -0.1) is 5.39 Å². The molecule has 0 saturated heterocycles. The molecule has 0 spiro atoms. The number of rotatable bonds is 2. The number of ketones is 1. The minimum atomic E-state index is -0.125. The number of fused-ring (bicyclic) bond motifs is 3. The van der Waals surface area contributed by atoms with Crippen LogP contribution in [-0.2, 0) is 24.9 Å². The summed E-state index contributed by atoms with van der Waals surface area (Å²) in [6.07, 6.45) is 3.00. The molecule has 0 amide bonds. The van der Waals surface area contributed by atoms with Gasteiger partial charge in [0, 0.05) is 43.6 Å². The van der Waals surface area contributed by atoms with Crippen LogP contribution in [0.15, 0.2) is 65.9 Å². The van der Waals surface area contributed by atoms with E-state index in [0.717, 1.165) is 16.4 Å². The summed E-state index contributed by atoms with van der Waals surface area (Å²) < 4.78 is 2.25. The number of benzene rings is 1. The van der Waals surface area contributed by atoms with E-state index in [-0.39, 0.29) is 31.6 Å². The molecule has 1 radical (unpaired) electrons. The van der Waals surface area contributed by atoms with E-state index in [1.54, 1.807) is 11.3 Å². The SMILES string of the molecule is CC(=O)/C=C(/C)O.[Ir].[c-]1csc2c1c1ncccc1n2-c1ccccc1. The van der Waals surface area contributed by atoms with Gasteiger partial charge in [0.05, 0.1) is 5.76 Å². The van der Waals surface area contributed by atoms with Crippen LogP contribution in [0.5, 0.6) is 0 Å². The Balaban J connectivity index is 0.000000265. The van der Waals surface area contributed by atoms with Crippen LogP contribution in [-0.4, -0.2) is 20.4 Å². The van der Waals surface area contributed by atoms with Gasteiger partial charge in [0.15, 0.2) is 5.78 Å². The number of aromatic nitrogens is 2. The molecular formula is C20H17IrN2O2S-. The zero-order chi connectivity index (χ0) is 17.8. The average Bonchev–Trinajstić information content (AvgIpc) is 3.15. The Morgan fingerprint density at radius 1 is 1.19 bits per heavy atom. The van der Waals surface area contributed by atoms with Crippen molar-refractivity contribution in [1.82, 2.24) is 9.55 Å². The first-order valence-corrected chi connectivity index (χ1v) is 8.63.